The molecular weight excluding hydrogens is 362 g/mol. The number of aromatic amines is 1. The highest BCUT2D eigenvalue weighted by atomic mass is 16.4. The van der Waals surface area contributed by atoms with Crippen LogP contribution < -0.4 is 27.8 Å². The van der Waals surface area contributed by atoms with E-state index in [2.05, 4.69) is 20.6 Å². The van der Waals surface area contributed by atoms with Crippen LogP contribution in [0.5, 0.6) is 0 Å². The molecule has 0 aliphatic carbocycles. The van der Waals surface area contributed by atoms with Gasteiger partial charge in [-0.2, -0.15) is 0 Å². The lowest BCUT2D eigenvalue weighted by Crippen LogP contribution is -2.56. The second-order valence-electron chi connectivity index (χ2n) is 5.69. The van der Waals surface area contributed by atoms with E-state index in [1.807, 2.05) is 0 Å². The first-order valence-electron chi connectivity index (χ1n) is 7.73. The molecular formula is C14H21N7O6. The number of H-pyrrole nitrogens is 1. The minimum absolute atomic E-state index is 0.0796. The van der Waals surface area contributed by atoms with Gasteiger partial charge in [0.15, 0.2) is 0 Å². The van der Waals surface area contributed by atoms with Gasteiger partial charge < -0.3 is 37.9 Å². The van der Waals surface area contributed by atoms with Crippen LogP contribution in [0.3, 0.4) is 0 Å². The number of hydrogen-bond donors (Lipinski definition) is 7. The maximum atomic E-state index is 12.4. The number of aliphatic carboxylic acids is 1. The zero-order valence-electron chi connectivity index (χ0n) is 14.2. The van der Waals surface area contributed by atoms with Gasteiger partial charge in [-0.05, 0) is 0 Å². The Kier molecular flexibility index (Phi) is 7.88. The van der Waals surface area contributed by atoms with Gasteiger partial charge in [0.1, 0.15) is 12.1 Å². The number of amides is 4. The standard InChI is InChI=1S/C14H21N7O6/c15-7(2-10(16)22)12(24)20-8(1-6-4-18-5-19-6)13(25)21-9(14(26)27)3-11(17)23/h4-5,7-9H,1-3,15H2,(H2,16,22)(H2,17,23)(H,18,19)(H,20,24)(H,21,25)(H,26,27). The lowest BCUT2D eigenvalue weighted by Gasteiger charge is -2.22. The molecule has 4 amide bonds. The molecule has 0 spiro atoms. The summed E-state index contributed by atoms with van der Waals surface area (Å²) in [6.45, 7) is 0. The molecule has 10 N–H and O–H groups in total. The van der Waals surface area contributed by atoms with Crippen molar-refractivity contribution < 1.29 is 29.1 Å². The Morgan fingerprint density at radius 1 is 1.04 bits per heavy atom. The van der Waals surface area contributed by atoms with Crippen molar-refractivity contribution in [3.8, 4) is 0 Å². The van der Waals surface area contributed by atoms with Gasteiger partial charge in [-0.3, -0.25) is 19.2 Å². The zero-order chi connectivity index (χ0) is 20.6. The largest absolute Gasteiger partial charge is 0.480 e. The number of aromatic nitrogens is 2. The van der Waals surface area contributed by atoms with E-state index in [1.165, 1.54) is 12.5 Å². The molecule has 0 saturated carbocycles. The molecule has 1 aromatic heterocycles. The van der Waals surface area contributed by atoms with Crippen LogP contribution in [0.25, 0.3) is 0 Å². The first-order chi connectivity index (χ1) is 12.6. The average Bonchev–Trinajstić information content (AvgIpc) is 3.05. The molecule has 1 aromatic rings. The normalized spacial score (nSPS) is 13.8. The van der Waals surface area contributed by atoms with Crippen LogP contribution in [0.2, 0.25) is 0 Å². The van der Waals surface area contributed by atoms with Crippen molar-refractivity contribution in [1.82, 2.24) is 20.6 Å². The number of carboxylic acid groups (broad SMARTS) is 1. The van der Waals surface area contributed by atoms with Gasteiger partial charge in [0.25, 0.3) is 0 Å². The van der Waals surface area contributed by atoms with Crippen molar-refractivity contribution in [3.63, 3.8) is 0 Å². The van der Waals surface area contributed by atoms with Crippen molar-refractivity contribution in [2.45, 2.75) is 37.4 Å². The zero-order valence-corrected chi connectivity index (χ0v) is 14.2. The molecule has 27 heavy (non-hydrogen) atoms. The van der Waals surface area contributed by atoms with Crippen LogP contribution in [0.4, 0.5) is 0 Å². The van der Waals surface area contributed by atoms with Gasteiger partial charge in [-0.1, -0.05) is 0 Å². The van der Waals surface area contributed by atoms with Gasteiger partial charge >= 0.3 is 5.97 Å². The molecule has 13 nitrogen and oxygen atoms in total. The van der Waals surface area contributed by atoms with E-state index in [0.29, 0.717) is 5.69 Å². The highest BCUT2D eigenvalue weighted by molar-refractivity contribution is 5.94. The Morgan fingerprint density at radius 2 is 1.63 bits per heavy atom. The summed E-state index contributed by atoms with van der Waals surface area (Å²) in [5.41, 5.74) is 15.9. The summed E-state index contributed by atoms with van der Waals surface area (Å²) in [6.07, 6.45) is 1.59. The van der Waals surface area contributed by atoms with Crippen LogP contribution in [0.15, 0.2) is 12.5 Å². The third-order valence-corrected chi connectivity index (χ3v) is 3.39. The summed E-state index contributed by atoms with van der Waals surface area (Å²) in [5, 5.41) is 13.5. The Labute approximate surface area is 153 Å². The van der Waals surface area contributed by atoms with Gasteiger partial charge in [0.2, 0.25) is 23.6 Å². The topological polar surface area (TPSA) is 236 Å². The third-order valence-electron chi connectivity index (χ3n) is 3.39. The van der Waals surface area contributed by atoms with E-state index in [4.69, 9.17) is 22.3 Å². The molecule has 0 aliphatic heterocycles. The molecule has 0 radical (unpaired) electrons. The maximum Gasteiger partial charge on any atom is 0.326 e. The van der Waals surface area contributed by atoms with Crippen LogP contribution in [0, 0.1) is 0 Å². The second-order valence-corrected chi connectivity index (χ2v) is 5.69. The number of nitrogens with two attached hydrogens (primary N) is 3. The maximum absolute atomic E-state index is 12.4. The Bertz CT molecular complexity index is 705. The summed E-state index contributed by atoms with van der Waals surface area (Å²) in [4.78, 5) is 64.0. The van der Waals surface area contributed by atoms with Gasteiger partial charge in [0, 0.05) is 18.3 Å². The van der Waals surface area contributed by atoms with Crippen LogP contribution >= 0.6 is 0 Å². The summed E-state index contributed by atoms with van der Waals surface area (Å²) >= 11 is 0. The fourth-order valence-electron chi connectivity index (χ4n) is 2.09. The number of carbonyl (C=O) groups is 5. The minimum Gasteiger partial charge on any atom is -0.480 e. The number of rotatable bonds is 11. The predicted molar refractivity (Wildman–Crippen MR) is 89.4 cm³/mol. The highest BCUT2D eigenvalue weighted by Gasteiger charge is 2.29. The molecule has 0 bridgehead atoms. The van der Waals surface area contributed by atoms with Crippen molar-refractivity contribution in [1.29, 1.82) is 0 Å². The molecule has 148 valence electrons. The molecule has 0 saturated heterocycles. The summed E-state index contributed by atoms with van der Waals surface area (Å²) in [7, 11) is 0. The van der Waals surface area contributed by atoms with Crippen LogP contribution in [0.1, 0.15) is 18.5 Å². The van der Waals surface area contributed by atoms with Crippen molar-refractivity contribution in [2.75, 3.05) is 0 Å². The molecule has 1 heterocycles. The van der Waals surface area contributed by atoms with Crippen molar-refractivity contribution in [3.05, 3.63) is 18.2 Å². The number of nitrogens with one attached hydrogen (secondary N) is 3. The first-order valence-corrected chi connectivity index (χ1v) is 7.73. The average molecular weight is 383 g/mol. The molecule has 3 unspecified atom stereocenters. The number of primary amides is 2. The molecule has 13 heteroatoms. The SMILES string of the molecule is NC(=O)CC(N)C(=O)NC(Cc1cnc[nH]1)C(=O)NC(CC(N)=O)C(=O)O. The van der Waals surface area contributed by atoms with E-state index in [-0.39, 0.29) is 6.42 Å². The van der Waals surface area contributed by atoms with Gasteiger partial charge in [-0.15, -0.1) is 0 Å². The van der Waals surface area contributed by atoms with E-state index in [9.17, 15) is 24.0 Å². The number of imidazole rings is 1. The van der Waals surface area contributed by atoms with Crippen molar-refractivity contribution in [2.24, 2.45) is 17.2 Å². The molecule has 0 fully saturated rings. The summed E-state index contributed by atoms with van der Waals surface area (Å²) in [5.74, 6) is -4.94. The molecule has 0 aliphatic rings. The van der Waals surface area contributed by atoms with Gasteiger partial charge in [-0.25, -0.2) is 9.78 Å². The molecule has 0 aromatic carbocycles. The number of nitrogens with zero attached hydrogens (tertiary/aromatic N) is 1. The highest BCUT2D eigenvalue weighted by Crippen LogP contribution is 2.02. The Hall–Kier alpha value is -3.48. The van der Waals surface area contributed by atoms with E-state index < -0.39 is 60.6 Å². The fourth-order valence-corrected chi connectivity index (χ4v) is 2.09. The number of carbonyl (C=O) groups excluding carboxylic acids is 4. The van der Waals surface area contributed by atoms with Gasteiger partial charge in [0.05, 0.1) is 25.2 Å². The van der Waals surface area contributed by atoms with E-state index >= 15 is 0 Å². The minimum atomic E-state index is -1.57. The lowest BCUT2D eigenvalue weighted by molar-refractivity contribution is -0.143. The Balaban J connectivity index is 2.90. The summed E-state index contributed by atoms with van der Waals surface area (Å²) < 4.78 is 0. The first kappa shape index (κ1) is 21.6. The number of carboxylic acids is 1. The van der Waals surface area contributed by atoms with Crippen molar-refractivity contribution >= 4 is 29.6 Å². The molecule has 3 atom stereocenters. The summed E-state index contributed by atoms with van der Waals surface area (Å²) in [6, 6.07) is -4.12. The number of hydrogen-bond acceptors (Lipinski definition) is 7. The second kappa shape index (κ2) is 9.86. The van der Waals surface area contributed by atoms with E-state index in [1.54, 1.807) is 0 Å². The quantitative estimate of drug-likeness (QED) is 0.199. The fraction of sp³-hybridized carbons (Fsp3) is 0.429. The van der Waals surface area contributed by atoms with E-state index in [0.717, 1.165) is 0 Å². The smallest absolute Gasteiger partial charge is 0.326 e. The Morgan fingerprint density at radius 3 is 2.11 bits per heavy atom. The predicted octanol–water partition coefficient (Wildman–Crippen LogP) is -3.92. The van der Waals surface area contributed by atoms with Crippen LogP contribution in [-0.2, 0) is 30.4 Å². The monoisotopic (exact) mass is 383 g/mol. The molecule has 1 rings (SSSR count). The third kappa shape index (κ3) is 7.52. The lowest BCUT2D eigenvalue weighted by atomic mass is 10.1. The van der Waals surface area contributed by atoms with Crippen LogP contribution in [-0.4, -0.2) is 62.8 Å².